The summed E-state index contributed by atoms with van der Waals surface area (Å²) in [5.74, 6) is -3.26. The van der Waals surface area contributed by atoms with Crippen LogP contribution in [-0.2, 0) is 9.59 Å². The lowest BCUT2D eigenvalue weighted by Crippen LogP contribution is -2.39. The van der Waals surface area contributed by atoms with Crippen molar-refractivity contribution in [3.63, 3.8) is 0 Å². The van der Waals surface area contributed by atoms with E-state index in [1.54, 1.807) is 13.0 Å². The highest BCUT2D eigenvalue weighted by molar-refractivity contribution is 6.31. The van der Waals surface area contributed by atoms with Gasteiger partial charge in [0.15, 0.2) is 0 Å². The molecule has 0 aromatic heterocycles. The van der Waals surface area contributed by atoms with Crippen LogP contribution < -0.4 is 0 Å². The van der Waals surface area contributed by atoms with Gasteiger partial charge in [0.25, 0.3) is 5.91 Å². The smallest absolute Gasteiger partial charge is 0.323 e. The van der Waals surface area contributed by atoms with E-state index in [9.17, 15) is 14.4 Å². The van der Waals surface area contributed by atoms with E-state index < -0.39 is 30.9 Å². The van der Waals surface area contributed by atoms with Crippen molar-refractivity contribution in [1.29, 1.82) is 0 Å². The molecule has 7 heteroatoms. The highest BCUT2D eigenvalue weighted by Crippen LogP contribution is 2.17. The molecule has 0 aliphatic carbocycles. The minimum atomic E-state index is -1.28. The Morgan fingerprint density at radius 1 is 1.16 bits per heavy atom. The molecular formula is C12H12ClNO5. The molecule has 1 aromatic rings. The Balaban J connectivity index is 3.00. The Kier molecular flexibility index (Phi) is 4.88. The maximum atomic E-state index is 12.0. The van der Waals surface area contributed by atoms with Crippen LogP contribution in [0.5, 0.6) is 0 Å². The standard InChI is InChI=1S/C12H12ClNO5/c1-7-2-3-8(4-9(7)13)12(19)14(5-10(15)16)6-11(17)18/h2-4H,5-6H2,1H3,(H,15,16)(H,17,18). The molecular weight excluding hydrogens is 274 g/mol. The van der Waals surface area contributed by atoms with Crippen molar-refractivity contribution < 1.29 is 24.6 Å². The number of carbonyl (C=O) groups excluding carboxylic acids is 1. The van der Waals surface area contributed by atoms with E-state index in [1.807, 2.05) is 0 Å². The number of carbonyl (C=O) groups is 3. The van der Waals surface area contributed by atoms with E-state index in [4.69, 9.17) is 21.8 Å². The summed E-state index contributed by atoms with van der Waals surface area (Å²) in [4.78, 5) is 34.0. The van der Waals surface area contributed by atoms with Gasteiger partial charge in [0.1, 0.15) is 13.1 Å². The second-order valence-corrected chi connectivity index (χ2v) is 4.32. The van der Waals surface area contributed by atoms with Crippen molar-refractivity contribution in [3.8, 4) is 0 Å². The summed E-state index contributed by atoms with van der Waals surface area (Å²) in [6, 6.07) is 4.46. The fourth-order valence-corrected chi connectivity index (χ4v) is 1.62. The molecule has 0 aliphatic heterocycles. The van der Waals surface area contributed by atoms with E-state index in [2.05, 4.69) is 0 Å². The topological polar surface area (TPSA) is 94.9 Å². The molecule has 1 aromatic carbocycles. The quantitative estimate of drug-likeness (QED) is 0.849. The molecule has 0 saturated carbocycles. The third kappa shape index (κ3) is 4.26. The lowest BCUT2D eigenvalue weighted by Gasteiger charge is -2.18. The molecule has 0 heterocycles. The minimum absolute atomic E-state index is 0.151. The van der Waals surface area contributed by atoms with Crippen LogP contribution in [0.3, 0.4) is 0 Å². The van der Waals surface area contributed by atoms with Crippen LogP contribution in [0, 0.1) is 6.92 Å². The Labute approximate surface area is 114 Å². The fourth-order valence-electron chi connectivity index (χ4n) is 1.43. The van der Waals surface area contributed by atoms with E-state index >= 15 is 0 Å². The van der Waals surface area contributed by atoms with E-state index in [-0.39, 0.29) is 5.56 Å². The molecule has 2 N–H and O–H groups in total. The van der Waals surface area contributed by atoms with Gasteiger partial charge in [-0.2, -0.15) is 0 Å². The van der Waals surface area contributed by atoms with Crippen molar-refractivity contribution in [1.82, 2.24) is 4.90 Å². The first-order valence-corrected chi connectivity index (χ1v) is 5.68. The minimum Gasteiger partial charge on any atom is -0.480 e. The van der Waals surface area contributed by atoms with Gasteiger partial charge in [-0.15, -0.1) is 0 Å². The van der Waals surface area contributed by atoms with Gasteiger partial charge in [0.2, 0.25) is 0 Å². The first kappa shape index (κ1) is 15.0. The Bertz CT molecular complexity index is 513. The van der Waals surface area contributed by atoms with Gasteiger partial charge in [-0.25, -0.2) is 0 Å². The molecule has 0 bridgehead atoms. The maximum absolute atomic E-state index is 12.0. The lowest BCUT2D eigenvalue weighted by atomic mass is 10.1. The number of aryl methyl sites for hydroxylation is 1. The number of carboxylic acid groups (broad SMARTS) is 2. The van der Waals surface area contributed by atoms with Gasteiger partial charge in [0, 0.05) is 10.6 Å². The zero-order valence-electron chi connectivity index (χ0n) is 10.1. The maximum Gasteiger partial charge on any atom is 0.323 e. The van der Waals surface area contributed by atoms with Crippen molar-refractivity contribution >= 4 is 29.4 Å². The number of aliphatic carboxylic acids is 2. The van der Waals surface area contributed by atoms with Crippen LogP contribution in [0.4, 0.5) is 0 Å². The highest BCUT2D eigenvalue weighted by atomic mass is 35.5. The third-order valence-corrected chi connectivity index (χ3v) is 2.77. The largest absolute Gasteiger partial charge is 0.480 e. The average Bonchev–Trinajstić information content (AvgIpc) is 2.29. The molecule has 0 saturated heterocycles. The summed E-state index contributed by atoms with van der Waals surface area (Å²) in [5.41, 5.74) is 0.916. The summed E-state index contributed by atoms with van der Waals surface area (Å²) in [6.45, 7) is 0.385. The van der Waals surface area contributed by atoms with Crippen LogP contribution >= 0.6 is 11.6 Å². The van der Waals surface area contributed by atoms with Gasteiger partial charge in [-0.3, -0.25) is 14.4 Å². The number of nitrogens with zero attached hydrogens (tertiary/aromatic N) is 1. The first-order valence-electron chi connectivity index (χ1n) is 5.30. The summed E-state index contributed by atoms with van der Waals surface area (Å²) in [5, 5.41) is 17.7. The second kappa shape index (κ2) is 6.19. The number of benzene rings is 1. The Morgan fingerprint density at radius 2 is 1.68 bits per heavy atom. The summed E-state index contributed by atoms with van der Waals surface area (Å²) in [6.07, 6.45) is 0. The molecule has 0 spiro atoms. The predicted molar refractivity (Wildman–Crippen MR) is 67.4 cm³/mol. The predicted octanol–water partition coefficient (Wildman–Crippen LogP) is 1.26. The van der Waals surface area contributed by atoms with Gasteiger partial charge >= 0.3 is 11.9 Å². The molecule has 1 rings (SSSR count). The SMILES string of the molecule is Cc1ccc(C(=O)N(CC(=O)O)CC(=O)O)cc1Cl. The fraction of sp³-hybridized carbons (Fsp3) is 0.250. The van der Waals surface area contributed by atoms with Gasteiger partial charge in [-0.05, 0) is 24.6 Å². The van der Waals surface area contributed by atoms with Crippen LogP contribution in [-0.4, -0.2) is 46.0 Å². The molecule has 102 valence electrons. The highest BCUT2D eigenvalue weighted by Gasteiger charge is 2.21. The zero-order valence-corrected chi connectivity index (χ0v) is 10.8. The van der Waals surface area contributed by atoms with Gasteiger partial charge in [-0.1, -0.05) is 17.7 Å². The van der Waals surface area contributed by atoms with Crippen LogP contribution in [0.25, 0.3) is 0 Å². The molecule has 0 radical (unpaired) electrons. The number of hydrogen-bond donors (Lipinski definition) is 2. The van der Waals surface area contributed by atoms with Crippen LogP contribution in [0.2, 0.25) is 5.02 Å². The molecule has 0 atom stereocenters. The second-order valence-electron chi connectivity index (χ2n) is 3.91. The summed E-state index contributed by atoms with van der Waals surface area (Å²) in [7, 11) is 0. The normalized spacial score (nSPS) is 10.0. The van der Waals surface area contributed by atoms with Crippen molar-refractivity contribution in [2.45, 2.75) is 6.92 Å². The number of halogens is 1. The average molecular weight is 286 g/mol. The molecule has 6 nitrogen and oxygen atoms in total. The van der Waals surface area contributed by atoms with Crippen LogP contribution in [0.15, 0.2) is 18.2 Å². The number of hydrogen-bond acceptors (Lipinski definition) is 3. The Hall–Kier alpha value is -2.08. The van der Waals surface area contributed by atoms with Crippen molar-refractivity contribution in [2.75, 3.05) is 13.1 Å². The number of amides is 1. The molecule has 0 unspecified atom stereocenters. The summed E-state index contributed by atoms with van der Waals surface area (Å²) >= 11 is 5.87. The van der Waals surface area contributed by atoms with Crippen molar-refractivity contribution in [3.05, 3.63) is 34.3 Å². The van der Waals surface area contributed by atoms with E-state index in [0.717, 1.165) is 10.5 Å². The van der Waals surface area contributed by atoms with Gasteiger partial charge < -0.3 is 15.1 Å². The molecule has 1 amide bonds. The number of rotatable bonds is 5. The van der Waals surface area contributed by atoms with Crippen LogP contribution in [0.1, 0.15) is 15.9 Å². The zero-order chi connectivity index (χ0) is 14.6. The Morgan fingerprint density at radius 3 is 2.11 bits per heavy atom. The van der Waals surface area contributed by atoms with Crippen molar-refractivity contribution in [2.24, 2.45) is 0 Å². The van der Waals surface area contributed by atoms with E-state index in [1.165, 1.54) is 12.1 Å². The lowest BCUT2D eigenvalue weighted by molar-refractivity contribution is -0.140. The molecule has 0 fully saturated rings. The first-order chi connectivity index (χ1) is 8.81. The summed E-state index contributed by atoms with van der Waals surface area (Å²) < 4.78 is 0. The molecule has 0 aliphatic rings. The number of carboxylic acids is 2. The third-order valence-electron chi connectivity index (χ3n) is 2.36. The van der Waals surface area contributed by atoms with Gasteiger partial charge in [0.05, 0.1) is 0 Å². The van der Waals surface area contributed by atoms with E-state index in [0.29, 0.717) is 5.02 Å². The monoisotopic (exact) mass is 285 g/mol. The molecule has 19 heavy (non-hydrogen) atoms.